The Morgan fingerprint density at radius 1 is 1.17 bits per heavy atom. The van der Waals surface area contributed by atoms with Gasteiger partial charge in [0.2, 0.25) is 0 Å². The molecule has 0 atom stereocenters. The molecule has 2 aromatic rings. The molecule has 1 saturated heterocycles. The summed E-state index contributed by atoms with van der Waals surface area (Å²) in [5, 5.41) is 10.6. The summed E-state index contributed by atoms with van der Waals surface area (Å²) in [7, 11) is 0. The molecule has 5 heteroatoms. The highest BCUT2D eigenvalue weighted by atomic mass is 15.3. The molecule has 92 valence electrons. The van der Waals surface area contributed by atoms with Crippen LogP contribution in [0.5, 0.6) is 0 Å². The van der Waals surface area contributed by atoms with Crippen molar-refractivity contribution >= 4 is 5.69 Å². The largest absolute Gasteiger partial charge is 0.369 e. The van der Waals surface area contributed by atoms with Crippen molar-refractivity contribution in [3.05, 3.63) is 24.7 Å². The second kappa shape index (κ2) is 3.54. The van der Waals surface area contributed by atoms with E-state index in [0.717, 1.165) is 11.3 Å². The minimum Gasteiger partial charge on any atom is -0.369 e. The van der Waals surface area contributed by atoms with Crippen molar-refractivity contribution in [2.75, 3.05) is 18.0 Å². The number of hydrogen-bond acceptors (Lipinski definition) is 4. The molecule has 1 aliphatic carbocycles. The zero-order valence-corrected chi connectivity index (χ0v) is 10.1. The van der Waals surface area contributed by atoms with Gasteiger partial charge in [0.1, 0.15) is 5.69 Å². The Hall–Kier alpha value is -1.91. The fraction of sp³-hybridized carbons (Fsp3) is 0.462. The van der Waals surface area contributed by atoms with Crippen LogP contribution in [0.3, 0.4) is 0 Å². The number of H-pyrrole nitrogens is 1. The quantitative estimate of drug-likeness (QED) is 0.871. The zero-order valence-electron chi connectivity index (χ0n) is 10.1. The molecule has 0 bridgehead atoms. The second-order valence-corrected chi connectivity index (χ2v) is 5.50. The fourth-order valence-corrected chi connectivity index (χ4v) is 3.02. The number of anilines is 1. The Balaban J connectivity index is 1.57. The number of hydrogen-bond donors (Lipinski definition) is 1. The summed E-state index contributed by atoms with van der Waals surface area (Å²) in [6, 6.07) is 2.15. The van der Waals surface area contributed by atoms with Crippen LogP contribution in [0, 0.1) is 5.41 Å². The van der Waals surface area contributed by atoms with E-state index in [4.69, 9.17) is 0 Å². The van der Waals surface area contributed by atoms with Crippen molar-refractivity contribution in [2.45, 2.75) is 19.3 Å². The van der Waals surface area contributed by atoms with Crippen molar-refractivity contribution in [3.63, 3.8) is 0 Å². The van der Waals surface area contributed by atoms with E-state index in [1.54, 1.807) is 6.20 Å². The second-order valence-electron chi connectivity index (χ2n) is 5.50. The maximum Gasteiger partial charge on any atom is 0.114 e. The van der Waals surface area contributed by atoms with Crippen LogP contribution in [0.15, 0.2) is 24.7 Å². The van der Waals surface area contributed by atoms with Crippen LogP contribution in [0.2, 0.25) is 0 Å². The van der Waals surface area contributed by atoms with E-state index >= 15 is 0 Å². The highest BCUT2D eigenvalue weighted by molar-refractivity contribution is 5.63. The lowest BCUT2D eigenvalue weighted by Gasteiger charge is -2.56. The van der Waals surface area contributed by atoms with Gasteiger partial charge in [-0.25, -0.2) is 0 Å². The monoisotopic (exact) mass is 241 g/mol. The lowest BCUT2D eigenvalue weighted by atomic mass is 9.63. The van der Waals surface area contributed by atoms with Gasteiger partial charge in [-0.3, -0.25) is 4.98 Å². The van der Waals surface area contributed by atoms with E-state index in [1.165, 1.54) is 38.0 Å². The normalized spacial score (nSPS) is 20.6. The first-order valence-corrected chi connectivity index (χ1v) is 6.41. The van der Waals surface area contributed by atoms with Crippen molar-refractivity contribution in [1.29, 1.82) is 0 Å². The van der Waals surface area contributed by atoms with Gasteiger partial charge in [0.15, 0.2) is 0 Å². The van der Waals surface area contributed by atoms with Gasteiger partial charge in [-0.15, -0.1) is 0 Å². The maximum atomic E-state index is 4.31. The third kappa shape index (κ3) is 1.43. The standard InChI is InChI=1S/C13H15N5/c1-2-13(3-1)8-18(9-13)11-4-10(5-14-6-11)12-7-15-17-16-12/h4-7H,1-3,8-9H2,(H,15,16,17). The van der Waals surface area contributed by atoms with Crippen molar-refractivity contribution < 1.29 is 0 Å². The number of nitrogens with one attached hydrogen (secondary N) is 1. The average molecular weight is 241 g/mol. The molecule has 2 aromatic heterocycles. The van der Waals surface area contributed by atoms with E-state index < -0.39 is 0 Å². The first-order chi connectivity index (χ1) is 8.85. The van der Waals surface area contributed by atoms with E-state index in [-0.39, 0.29) is 0 Å². The predicted molar refractivity (Wildman–Crippen MR) is 68.1 cm³/mol. The minimum atomic E-state index is 0.643. The Kier molecular flexibility index (Phi) is 1.98. The third-order valence-electron chi connectivity index (χ3n) is 4.27. The van der Waals surface area contributed by atoms with Crippen LogP contribution in [-0.2, 0) is 0 Å². The summed E-state index contributed by atoms with van der Waals surface area (Å²) in [5.41, 5.74) is 3.72. The average Bonchev–Trinajstić information content (AvgIpc) is 2.79. The van der Waals surface area contributed by atoms with Gasteiger partial charge in [-0.05, 0) is 18.9 Å². The molecule has 3 heterocycles. The molecular formula is C13H15N5. The highest BCUT2D eigenvalue weighted by Crippen LogP contribution is 2.49. The summed E-state index contributed by atoms with van der Waals surface area (Å²) < 4.78 is 0. The topological polar surface area (TPSA) is 57.7 Å². The van der Waals surface area contributed by atoms with Crippen molar-refractivity contribution in [1.82, 2.24) is 20.4 Å². The van der Waals surface area contributed by atoms with Crippen LogP contribution in [0.25, 0.3) is 11.3 Å². The van der Waals surface area contributed by atoms with E-state index in [1.807, 2.05) is 12.4 Å². The predicted octanol–water partition coefficient (Wildman–Crippen LogP) is 1.86. The Labute approximate surface area is 105 Å². The molecule has 1 saturated carbocycles. The smallest absolute Gasteiger partial charge is 0.114 e. The summed E-state index contributed by atoms with van der Waals surface area (Å²) in [6.07, 6.45) is 9.71. The molecule has 0 amide bonds. The van der Waals surface area contributed by atoms with Crippen molar-refractivity contribution in [2.24, 2.45) is 5.41 Å². The molecule has 1 aliphatic heterocycles. The van der Waals surface area contributed by atoms with Gasteiger partial charge >= 0.3 is 0 Å². The van der Waals surface area contributed by atoms with Gasteiger partial charge in [0, 0.05) is 30.3 Å². The van der Waals surface area contributed by atoms with Gasteiger partial charge in [0.05, 0.1) is 18.1 Å². The Morgan fingerprint density at radius 2 is 2.06 bits per heavy atom. The van der Waals surface area contributed by atoms with Gasteiger partial charge in [-0.2, -0.15) is 15.4 Å². The van der Waals surface area contributed by atoms with Gasteiger partial charge < -0.3 is 4.90 Å². The molecule has 4 rings (SSSR count). The summed E-state index contributed by atoms with van der Waals surface area (Å²) in [5.74, 6) is 0. The summed E-state index contributed by atoms with van der Waals surface area (Å²) in [6.45, 7) is 2.38. The summed E-state index contributed by atoms with van der Waals surface area (Å²) in [4.78, 5) is 6.72. The molecule has 0 radical (unpaired) electrons. The molecule has 1 spiro atoms. The zero-order chi connectivity index (χ0) is 12.0. The number of pyridine rings is 1. The third-order valence-corrected chi connectivity index (χ3v) is 4.27. The molecule has 0 aromatic carbocycles. The lowest BCUT2D eigenvalue weighted by molar-refractivity contribution is 0.0904. The molecule has 1 N–H and O–H groups in total. The first-order valence-electron chi connectivity index (χ1n) is 6.41. The maximum absolute atomic E-state index is 4.31. The Morgan fingerprint density at radius 3 is 2.72 bits per heavy atom. The molecule has 18 heavy (non-hydrogen) atoms. The number of rotatable bonds is 2. The molecule has 2 aliphatic rings. The fourth-order valence-electron chi connectivity index (χ4n) is 3.02. The number of nitrogens with zero attached hydrogens (tertiary/aromatic N) is 4. The van der Waals surface area contributed by atoms with Crippen LogP contribution < -0.4 is 4.90 Å². The first kappa shape index (κ1) is 10.1. The molecule has 0 unspecified atom stereocenters. The van der Waals surface area contributed by atoms with Crippen LogP contribution in [-0.4, -0.2) is 33.5 Å². The molecule has 2 fully saturated rings. The van der Waals surface area contributed by atoms with E-state index in [9.17, 15) is 0 Å². The highest BCUT2D eigenvalue weighted by Gasteiger charge is 2.47. The van der Waals surface area contributed by atoms with Gasteiger partial charge in [-0.1, -0.05) is 6.42 Å². The summed E-state index contributed by atoms with van der Waals surface area (Å²) >= 11 is 0. The van der Waals surface area contributed by atoms with E-state index in [2.05, 4.69) is 31.4 Å². The number of aromatic nitrogens is 4. The lowest BCUT2D eigenvalue weighted by Crippen LogP contribution is -2.59. The van der Waals surface area contributed by atoms with Gasteiger partial charge in [0.25, 0.3) is 0 Å². The molecule has 5 nitrogen and oxygen atoms in total. The van der Waals surface area contributed by atoms with E-state index in [0.29, 0.717) is 5.41 Å². The van der Waals surface area contributed by atoms with Crippen LogP contribution in [0.1, 0.15) is 19.3 Å². The van der Waals surface area contributed by atoms with Crippen LogP contribution in [0.4, 0.5) is 5.69 Å². The SMILES string of the molecule is c1ncc(N2CC3(CCC3)C2)cc1-c1cn[nH]n1. The van der Waals surface area contributed by atoms with Crippen molar-refractivity contribution in [3.8, 4) is 11.3 Å². The number of aromatic amines is 1. The Bertz CT molecular complexity index is 551. The molecular weight excluding hydrogens is 226 g/mol. The minimum absolute atomic E-state index is 0.643. The van der Waals surface area contributed by atoms with Crippen LogP contribution >= 0.6 is 0 Å².